The van der Waals surface area contributed by atoms with Gasteiger partial charge >= 0.3 is 0 Å². The minimum Gasteiger partial charge on any atom is -0.496 e. The Morgan fingerprint density at radius 2 is 1.96 bits per heavy atom. The van der Waals surface area contributed by atoms with Gasteiger partial charge in [-0.2, -0.15) is 0 Å². The molecule has 0 aliphatic carbocycles. The summed E-state index contributed by atoms with van der Waals surface area (Å²) in [6, 6.07) is 8.94. The van der Waals surface area contributed by atoms with Crippen LogP contribution in [0, 0.1) is 0 Å². The fraction of sp³-hybridized carbons (Fsp3) is 0.524. The summed E-state index contributed by atoms with van der Waals surface area (Å²) >= 11 is 1.85. The highest BCUT2D eigenvalue weighted by molar-refractivity contribution is 7.09. The van der Waals surface area contributed by atoms with Crippen LogP contribution in [-0.2, 0) is 13.1 Å². The third kappa shape index (κ3) is 4.75. The van der Waals surface area contributed by atoms with Gasteiger partial charge in [0.25, 0.3) is 0 Å². The maximum absolute atomic E-state index is 5.83. The van der Waals surface area contributed by atoms with Gasteiger partial charge in [0.05, 0.1) is 20.3 Å². The molecule has 27 heavy (non-hydrogen) atoms. The summed E-state index contributed by atoms with van der Waals surface area (Å²) in [5.41, 5.74) is 1.13. The summed E-state index contributed by atoms with van der Waals surface area (Å²) < 4.78 is 17.2. The highest BCUT2D eigenvalue weighted by Crippen LogP contribution is 2.36. The Hall–Kier alpha value is -1.76. The van der Waals surface area contributed by atoms with Gasteiger partial charge in [-0.15, -0.1) is 11.3 Å². The molecule has 2 aliphatic rings. The number of benzene rings is 1. The summed E-state index contributed by atoms with van der Waals surface area (Å²) in [5, 5.41) is 5.87. The maximum Gasteiger partial charge on any atom is 0.164 e. The molecule has 4 rings (SSSR count). The molecular formula is C21H28N2O3S. The highest BCUT2D eigenvalue weighted by atomic mass is 32.1. The number of hydrogen-bond donors (Lipinski definition) is 1. The van der Waals surface area contributed by atoms with Crippen LogP contribution in [0.4, 0.5) is 0 Å². The summed E-state index contributed by atoms with van der Waals surface area (Å²) in [6.45, 7) is 5.56. The molecule has 0 radical (unpaired) electrons. The number of rotatable bonds is 6. The molecular weight excluding hydrogens is 360 g/mol. The Morgan fingerprint density at radius 3 is 2.67 bits per heavy atom. The Morgan fingerprint density at radius 1 is 1.19 bits per heavy atom. The SMILES string of the molecule is COc1cc2c(cc1CNC1CCN(Cc3cccs3)CC1)OCCCO2. The van der Waals surface area contributed by atoms with E-state index in [2.05, 4.69) is 33.8 Å². The lowest BCUT2D eigenvalue weighted by atomic mass is 10.0. The first-order chi connectivity index (χ1) is 13.3. The number of nitrogens with one attached hydrogen (secondary N) is 1. The van der Waals surface area contributed by atoms with Gasteiger partial charge in [-0.25, -0.2) is 0 Å². The van der Waals surface area contributed by atoms with Gasteiger partial charge in [0.2, 0.25) is 0 Å². The molecule has 1 aromatic carbocycles. The fourth-order valence-electron chi connectivity index (χ4n) is 3.73. The van der Waals surface area contributed by atoms with Crippen molar-refractivity contribution in [2.75, 3.05) is 33.4 Å². The van der Waals surface area contributed by atoms with Crippen LogP contribution in [-0.4, -0.2) is 44.4 Å². The van der Waals surface area contributed by atoms with E-state index in [1.807, 2.05) is 17.4 Å². The Bertz CT molecular complexity index is 727. The van der Waals surface area contributed by atoms with Gasteiger partial charge in [0.15, 0.2) is 11.5 Å². The molecule has 1 fully saturated rings. The number of methoxy groups -OCH3 is 1. The van der Waals surface area contributed by atoms with Crippen LogP contribution in [0.2, 0.25) is 0 Å². The summed E-state index contributed by atoms with van der Waals surface area (Å²) in [5.74, 6) is 2.48. The predicted octanol–water partition coefficient (Wildman–Crippen LogP) is 3.67. The number of thiophene rings is 1. The molecule has 1 N–H and O–H groups in total. The van der Waals surface area contributed by atoms with Crippen molar-refractivity contribution in [2.24, 2.45) is 0 Å². The van der Waals surface area contributed by atoms with E-state index in [9.17, 15) is 0 Å². The van der Waals surface area contributed by atoms with E-state index in [-0.39, 0.29) is 0 Å². The first-order valence-corrected chi connectivity index (χ1v) is 10.6. The minimum absolute atomic E-state index is 0.547. The van der Waals surface area contributed by atoms with Crippen LogP contribution < -0.4 is 19.5 Å². The van der Waals surface area contributed by atoms with E-state index < -0.39 is 0 Å². The van der Waals surface area contributed by atoms with Crippen molar-refractivity contribution in [3.63, 3.8) is 0 Å². The van der Waals surface area contributed by atoms with Gasteiger partial charge in [0.1, 0.15) is 5.75 Å². The second kappa shape index (κ2) is 8.95. The third-order valence-corrected chi connectivity index (χ3v) is 6.14. The molecule has 6 heteroatoms. The van der Waals surface area contributed by atoms with Crippen molar-refractivity contribution in [1.82, 2.24) is 10.2 Å². The average Bonchev–Trinajstić information content (AvgIpc) is 3.10. The molecule has 1 aromatic heterocycles. The third-order valence-electron chi connectivity index (χ3n) is 5.28. The van der Waals surface area contributed by atoms with E-state index in [4.69, 9.17) is 14.2 Å². The molecule has 0 spiro atoms. The zero-order valence-corrected chi connectivity index (χ0v) is 16.7. The van der Waals surface area contributed by atoms with E-state index in [0.717, 1.165) is 55.4 Å². The van der Waals surface area contributed by atoms with E-state index in [1.165, 1.54) is 17.7 Å². The van der Waals surface area contributed by atoms with Crippen LogP contribution in [0.15, 0.2) is 29.6 Å². The quantitative estimate of drug-likeness (QED) is 0.818. The summed E-state index contributed by atoms with van der Waals surface area (Å²) in [7, 11) is 1.71. The van der Waals surface area contributed by atoms with Crippen molar-refractivity contribution < 1.29 is 14.2 Å². The van der Waals surface area contributed by atoms with Crippen LogP contribution in [0.25, 0.3) is 0 Å². The standard InChI is InChI=1S/C21H28N2O3S/c1-24-19-13-21-20(25-9-3-10-26-21)12-16(19)14-22-17-5-7-23(8-6-17)15-18-4-2-11-27-18/h2,4,11-13,17,22H,3,5-10,14-15H2,1H3. The molecule has 1 saturated heterocycles. The lowest BCUT2D eigenvalue weighted by molar-refractivity contribution is 0.191. The Labute approximate surface area is 165 Å². The van der Waals surface area contributed by atoms with Crippen LogP contribution in [0.5, 0.6) is 17.2 Å². The van der Waals surface area contributed by atoms with Crippen molar-refractivity contribution in [1.29, 1.82) is 0 Å². The number of likely N-dealkylation sites (tertiary alicyclic amines) is 1. The highest BCUT2D eigenvalue weighted by Gasteiger charge is 2.20. The normalized spacial score (nSPS) is 18.3. The van der Waals surface area contributed by atoms with Gasteiger partial charge in [-0.3, -0.25) is 4.90 Å². The molecule has 2 aromatic rings. The fourth-order valence-corrected chi connectivity index (χ4v) is 4.48. The van der Waals surface area contributed by atoms with E-state index >= 15 is 0 Å². The zero-order valence-electron chi connectivity index (χ0n) is 15.9. The first-order valence-electron chi connectivity index (χ1n) is 9.76. The second-order valence-corrected chi connectivity index (χ2v) is 8.20. The lowest BCUT2D eigenvalue weighted by Gasteiger charge is -2.32. The Kier molecular flexibility index (Phi) is 6.17. The molecule has 0 amide bonds. The molecule has 5 nitrogen and oxygen atoms in total. The molecule has 0 bridgehead atoms. The van der Waals surface area contributed by atoms with Crippen LogP contribution >= 0.6 is 11.3 Å². The lowest BCUT2D eigenvalue weighted by Crippen LogP contribution is -2.41. The topological polar surface area (TPSA) is 43.0 Å². The van der Waals surface area contributed by atoms with Crippen LogP contribution in [0.1, 0.15) is 29.7 Å². The number of piperidine rings is 1. The molecule has 146 valence electrons. The van der Waals surface area contributed by atoms with Gasteiger partial charge in [0, 0.05) is 42.1 Å². The van der Waals surface area contributed by atoms with Crippen molar-refractivity contribution in [3.8, 4) is 17.2 Å². The smallest absolute Gasteiger partial charge is 0.164 e. The first kappa shape index (κ1) is 18.6. The zero-order chi connectivity index (χ0) is 18.5. The van der Waals surface area contributed by atoms with Crippen molar-refractivity contribution >= 4 is 11.3 Å². The molecule has 0 atom stereocenters. The maximum atomic E-state index is 5.83. The second-order valence-electron chi connectivity index (χ2n) is 7.17. The number of ether oxygens (including phenoxy) is 3. The molecule has 3 heterocycles. The van der Waals surface area contributed by atoms with Crippen molar-refractivity contribution in [3.05, 3.63) is 40.1 Å². The number of hydrogen-bond acceptors (Lipinski definition) is 6. The number of nitrogens with zero attached hydrogens (tertiary/aromatic N) is 1. The monoisotopic (exact) mass is 388 g/mol. The largest absolute Gasteiger partial charge is 0.496 e. The van der Waals surface area contributed by atoms with E-state index in [1.54, 1.807) is 7.11 Å². The molecule has 0 saturated carbocycles. The molecule has 0 unspecified atom stereocenters. The predicted molar refractivity (Wildman–Crippen MR) is 108 cm³/mol. The summed E-state index contributed by atoms with van der Waals surface area (Å²) in [6.07, 6.45) is 3.27. The van der Waals surface area contributed by atoms with E-state index in [0.29, 0.717) is 19.3 Å². The van der Waals surface area contributed by atoms with Crippen LogP contribution in [0.3, 0.4) is 0 Å². The minimum atomic E-state index is 0.547. The molecule has 2 aliphatic heterocycles. The average molecular weight is 389 g/mol. The van der Waals surface area contributed by atoms with Gasteiger partial charge < -0.3 is 19.5 Å². The summed E-state index contributed by atoms with van der Waals surface area (Å²) in [4.78, 5) is 4.01. The Balaban J connectivity index is 1.32. The van der Waals surface area contributed by atoms with Crippen molar-refractivity contribution in [2.45, 2.75) is 38.4 Å². The number of fused-ring (bicyclic) bond motifs is 1. The van der Waals surface area contributed by atoms with Gasteiger partial charge in [-0.1, -0.05) is 6.07 Å². The van der Waals surface area contributed by atoms with Gasteiger partial charge in [-0.05, 0) is 43.4 Å².